The molecule has 1 unspecified atom stereocenters. The first-order chi connectivity index (χ1) is 14.5. The van der Waals surface area contributed by atoms with E-state index in [-0.39, 0.29) is 18.0 Å². The standard InChI is InChI=1S/C25H25N3O2/c1-17-8-6-7-11-22(17)27-25(30)26-16-19-12-13-21-14-18(2)28(23(21)15-19)24(29)20-9-4-3-5-10-20/h3-13,15,18H,14,16H2,1-2H3,(H2,26,27,30). The number of carbonyl (C=O) groups is 2. The summed E-state index contributed by atoms with van der Waals surface area (Å²) >= 11 is 0. The molecule has 0 spiro atoms. The summed E-state index contributed by atoms with van der Waals surface area (Å²) in [6.45, 7) is 4.40. The van der Waals surface area contributed by atoms with Crippen LogP contribution in [0.1, 0.15) is 34.0 Å². The minimum atomic E-state index is -0.254. The fourth-order valence-electron chi connectivity index (χ4n) is 3.85. The Balaban J connectivity index is 1.47. The molecule has 1 aliphatic rings. The molecule has 0 aliphatic carbocycles. The molecule has 30 heavy (non-hydrogen) atoms. The summed E-state index contributed by atoms with van der Waals surface area (Å²) < 4.78 is 0. The van der Waals surface area contributed by atoms with Crippen molar-refractivity contribution in [2.45, 2.75) is 32.9 Å². The van der Waals surface area contributed by atoms with Crippen LogP contribution in [0.15, 0.2) is 72.8 Å². The first kappa shape index (κ1) is 19.7. The highest BCUT2D eigenvalue weighted by Crippen LogP contribution is 2.34. The Kier molecular flexibility index (Phi) is 5.53. The number of hydrogen-bond donors (Lipinski definition) is 2. The number of rotatable bonds is 4. The molecule has 0 saturated carbocycles. The lowest BCUT2D eigenvalue weighted by Gasteiger charge is -2.23. The van der Waals surface area contributed by atoms with E-state index in [1.807, 2.05) is 78.6 Å². The Labute approximate surface area is 176 Å². The monoisotopic (exact) mass is 399 g/mol. The highest BCUT2D eigenvalue weighted by atomic mass is 16.2. The second kappa shape index (κ2) is 8.41. The lowest BCUT2D eigenvalue weighted by Crippen LogP contribution is -2.35. The van der Waals surface area contributed by atoms with Gasteiger partial charge in [0.05, 0.1) is 0 Å². The van der Waals surface area contributed by atoms with Crippen LogP contribution in [0.2, 0.25) is 0 Å². The molecule has 1 aliphatic heterocycles. The molecule has 152 valence electrons. The highest BCUT2D eigenvalue weighted by Gasteiger charge is 2.31. The van der Waals surface area contributed by atoms with Crippen molar-refractivity contribution in [3.8, 4) is 0 Å². The van der Waals surface area contributed by atoms with Crippen molar-refractivity contribution in [3.63, 3.8) is 0 Å². The molecule has 4 rings (SSSR count). The largest absolute Gasteiger partial charge is 0.334 e. The number of nitrogens with one attached hydrogen (secondary N) is 2. The van der Waals surface area contributed by atoms with Crippen molar-refractivity contribution in [1.82, 2.24) is 5.32 Å². The molecule has 0 fully saturated rings. The van der Waals surface area contributed by atoms with Gasteiger partial charge in [0.15, 0.2) is 0 Å². The number of nitrogens with zero attached hydrogens (tertiary/aromatic N) is 1. The number of para-hydroxylation sites is 1. The van der Waals surface area contributed by atoms with E-state index in [1.165, 1.54) is 0 Å². The van der Waals surface area contributed by atoms with Gasteiger partial charge in [-0.3, -0.25) is 4.79 Å². The fraction of sp³-hybridized carbons (Fsp3) is 0.200. The molecule has 3 amide bonds. The average Bonchev–Trinajstić information content (AvgIpc) is 3.09. The maximum absolute atomic E-state index is 13.1. The fourth-order valence-corrected chi connectivity index (χ4v) is 3.85. The number of anilines is 2. The topological polar surface area (TPSA) is 61.4 Å². The van der Waals surface area contributed by atoms with E-state index in [1.54, 1.807) is 0 Å². The number of aryl methyl sites for hydroxylation is 1. The second-order valence-corrected chi connectivity index (χ2v) is 7.68. The summed E-state index contributed by atoms with van der Waals surface area (Å²) in [5.74, 6) is 0.00394. The third-order valence-corrected chi connectivity index (χ3v) is 5.45. The van der Waals surface area contributed by atoms with Gasteiger partial charge in [0.2, 0.25) is 0 Å². The molecule has 1 heterocycles. The van der Waals surface area contributed by atoms with E-state index in [9.17, 15) is 9.59 Å². The Morgan fingerprint density at radius 1 is 1.00 bits per heavy atom. The summed E-state index contributed by atoms with van der Waals surface area (Å²) in [5.41, 5.74) is 5.51. The predicted molar refractivity (Wildman–Crippen MR) is 120 cm³/mol. The molecular formula is C25H25N3O2. The first-order valence-corrected chi connectivity index (χ1v) is 10.1. The molecule has 5 nitrogen and oxygen atoms in total. The third kappa shape index (κ3) is 4.06. The van der Waals surface area contributed by atoms with Crippen LogP contribution >= 0.6 is 0 Å². The van der Waals surface area contributed by atoms with Crippen LogP contribution in [0.4, 0.5) is 16.2 Å². The van der Waals surface area contributed by atoms with E-state index in [0.717, 1.165) is 34.5 Å². The lowest BCUT2D eigenvalue weighted by molar-refractivity contribution is 0.0981. The molecule has 1 atom stereocenters. The van der Waals surface area contributed by atoms with Crippen molar-refractivity contribution < 1.29 is 9.59 Å². The van der Waals surface area contributed by atoms with Gasteiger partial charge in [-0.2, -0.15) is 0 Å². The van der Waals surface area contributed by atoms with Crippen LogP contribution in [0.25, 0.3) is 0 Å². The summed E-state index contributed by atoms with van der Waals surface area (Å²) in [6, 6.07) is 22.9. The Bertz CT molecular complexity index is 1080. The van der Waals surface area contributed by atoms with E-state index >= 15 is 0 Å². The SMILES string of the molecule is Cc1ccccc1NC(=O)NCc1ccc2c(c1)N(C(=O)c1ccccc1)C(C)C2. The molecule has 5 heteroatoms. The van der Waals surface area contributed by atoms with Gasteiger partial charge in [0.25, 0.3) is 5.91 Å². The van der Waals surface area contributed by atoms with Gasteiger partial charge < -0.3 is 15.5 Å². The van der Waals surface area contributed by atoms with Crippen LogP contribution < -0.4 is 15.5 Å². The van der Waals surface area contributed by atoms with Crippen molar-refractivity contribution in [1.29, 1.82) is 0 Å². The summed E-state index contributed by atoms with van der Waals surface area (Å²) in [5, 5.41) is 5.77. The molecule has 3 aromatic carbocycles. The minimum absolute atomic E-state index is 0.00394. The van der Waals surface area contributed by atoms with Gasteiger partial charge in [0, 0.05) is 29.5 Å². The van der Waals surface area contributed by atoms with Crippen molar-refractivity contribution in [2.24, 2.45) is 0 Å². The summed E-state index contributed by atoms with van der Waals surface area (Å²) in [6.07, 6.45) is 0.829. The van der Waals surface area contributed by atoms with Crippen LogP contribution in [-0.4, -0.2) is 18.0 Å². The third-order valence-electron chi connectivity index (χ3n) is 5.45. The number of hydrogen-bond acceptors (Lipinski definition) is 2. The van der Waals surface area contributed by atoms with E-state index in [4.69, 9.17) is 0 Å². The number of benzene rings is 3. The van der Waals surface area contributed by atoms with Crippen molar-refractivity contribution >= 4 is 23.3 Å². The van der Waals surface area contributed by atoms with Gasteiger partial charge >= 0.3 is 6.03 Å². The van der Waals surface area contributed by atoms with Crippen LogP contribution in [0, 0.1) is 6.92 Å². The van der Waals surface area contributed by atoms with Gasteiger partial charge in [-0.15, -0.1) is 0 Å². The molecule has 0 bridgehead atoms. The zero-order valence-corrected chi connectivity index (χ0v) is 17.2. The number of carbonyl (C=O) groups excluding carboxylic acids is 2. The zero-order valence-electron chi connectivity index (χ0n) is 17.2. The van der Waals surface area contributed by atoms with Gasteiger partial charge in [-0.05, 0) is 61.2 Å². The Hall–Kier alpha value is -3.60. The zero-order chi connectivity index (χ0) is 21.1. The van der Waals surface area contributed by atoms with Gasteiger partial charge in [0.1, 0.15) is 0 Å². The Morgan fingerprint density at radius 3 is 2.50 bits per heavy atom. The lowest BCUT2D eigenvalue weighted by atomic mass is 10.1. The normalized spacial score (nSPS) is 14.9. The summed E-state index contributed by atoms with van der Waals surface area (Å²) in [4.78, 5) is 27.2. The predicted octanol–water partition coefficient (Wildman–Crippen LogP) is 4.91. The maximum atomic E-state index is 13.1. The Morgan fingerprint density at radius 2 is 1.73 bits per heavy atom. The van der Waals surface area contributed by atoms with E-state index in [0.29, 0.717) is 12.1 Å². The average molecular weight is 399 g/mol. The smallest absolute Gasteiger partial charge is 0.319 e. The molecular weight excluding hydrogens is 374 g/mol. The number of urea groups is 1. The van der Waals surface area contributed by atoms with Crippen molar-refractivity contribution in [2.75, 3.05) is 10.2 Å². The van der Waals surface area contributed by atoms with Crippen LogP contribution in [-0.2, 0) is 13.0 Å². The van der Waals surface area contributed by atoms with Gasteiger partial charge in [-0.1, -0.05) is 48.5 Å². The maximum Gasteiger partial charge on any atom is 0.319 e. The van der Waals surface area contributed by atoms with Crippen LogP contribution in [0.3, 0.4) is 0 Å². The molecule has 3 aromatic rings. The number of amides is 3. The molecule has 0 saturated heterocycles. The van der Waals surface area contributed by atoms with E-state index < -0.39 is 0 Å². The van der Waals surface area contributed by atoms with Crippen molar-refractivity contribution in [3.05, 3.63) is 95.1 Å². The van der Waals surface area contributed by atoms with Gasteiger partial charge in [-0.25, -0.2) is 4.79 Å². The molecule has 0 radical (unpaired) electrons. The molecule has 0 aromatic heterocycles. The van der Waals surface area contributed by atoms with E-state index in [2.05, 4.69) is 23.6 Å². The van der Waals surface area contributed by atoms with Crippen LogP contribution in [0.5, 0.6) is 0 Å². The molecule has 2 N–H and O–H groups in total. The summed E-state index contributed by atoms with van der Waals surface area (Å²) in [7, 11) is 0. The second-order valence-electron chi connectivity index (χ2n) is 7.68. The number of fused-ring (bicyclic) bond motifs is 1. The highest BCUT2D eigenvalue weighted by molar-refractivity contribution is 6.07. The minimum Gasteiger partial charge on any atom is -0.334 e. The first-order valence-electron chi connectivity index (χ1n) is 10.1. The quantitative estimate of drug-likeness (QED) is 0.655.